The maximum absolute atomic E-state index is 12.1. The summed E-state index contributed by atoms with van der Waals surface area (Å²) in [5.74, 6) is 5.82. The first-order valence-electron chi connectivity index (χ1n) is 16.3. The van der Waals surface area contributed by atoms with Crippen molar-refractivity contribution >= 4 is 5.91 Å². The van der Waals surface area contributed by atoms with E-state index in [1.165, 1.54) is 12.4 Å². The number of aromatic nitrogens is 5. The number of amides is 1. The van der Waals surface area contributed by atoms with E-state index in [0.717, 1.165) is 0 Å². The molecule has 0 saturated carbocycles. The standard InChI is InChI=1S/C31H50N6O10/c38-7-9-41-11-13-43-15-17-45-19-21-47-23-22-46-20-18-44-16-14-42-12-10-40-8-6-37-27-30(35-36-37)26-34-31(39)5-3-1-2-4-29-24-32-28-33-25-29/h24-25,27-28,38H,1,3,5-23,26H2,(H,34,39)/i28T. The van der Waals surface area contributed by atoms with E-state index in [4.69, 9.17) is 44.4 Å². The van der Waals surface area contributed by atoms with Crippen LogP contribution in [0.15, 0.2) is 24.9 Å². The average molecular weight is 669 g/mol. The van der Waals surface area contributed by atoms with E-state index in [2.05, 4.69) is 37.4 Å². The summed E-state index contributed by atoms with van der Waals surface area (Å²) in [6, 6.07) is 0. The van der Waals surface area contributed by atoms with Crippen molar-refractivity contribution in [2.24, 2.45) is 0 Å². The summed E-state index contributed by atoms with van der Waals surface area (Å²) >= 11 is 0. The lowest BCUT2D eigenvalue weighted by atomic mass is 10.2. The van der Waals surface area contributed by atoms with Crippen molar-refractivity contribution < 1.29 is 49.2 Å². The van der Waals surface area contributed by atoms with Crippen LogP contribution < -0.4 is 5.32 Å². The van der Waals surface area contributed by atoms with E-state index < -0.39 is 0 Å². The number of nitrogens with one attached hydrogen (secondary N) is 1. The highest BCUT2D eigenvalue weighted by atomic mass is 16.6. The van der Waals surface area contributed by atoms with Crippen molar-refractivity contribution in [1.82, 2.24) is 30.3 Å². The lowest BCUT2D eigenvalue weighted by molar-refractivity contribution is -0.121. The molecule has 2 heterocycles. The number of carbonyl (C=O) groups is 1. The lowest BCUT2D eigenvalue weighted by Gasteiger charge is -2.08. The number of unbranched alkanes of at least 4 members (excludes halogenated alkanes) is 1. The molecular weight excluding hydrogens is 616 g/mol. The van der Waals surface area contributed by atoms with Gasteiger partial charge in [-0.3, -0.25) is 4.79 Å². The molecule has 264 valence electrons. The number of carbonyl (C=O) groups excluding carboxylic acids is 1. The Labute approximate surface area is 278 Å². The molecule has 0 radical (unpaired) electrons. The maximum atomic E-state index is 12.1. The third-order valence-electron chi connectivity index (χ3n) is 5.82. The van der Waals surface area contributed by atoms with E-state index in [0.29, 0.717) is 149 Å². The first-order valence-corrected chi connectivity index (χ1v) is 15.8. The van der Waals surface area contributed by atoms with Crippen molar-refractivity contribution in [3.05, 3.63) is 36.2 Å². The smallest absolute Gasteiger partial charge is 0.220 e. The molecule has 0 aromatic carbocycles. The number of hydrogen-bond acceptors (Lipinski definition) is 14. The van der Waals surface area contributed by atoms with Crippen LogP contribution in [0.5, 0.6) is 0 Å². The molecule has 0 bridgehead atoms. The Morgan fingerprint density at radius 1 is 0.766 bits per heavy atom. The van der Waals surface area contributed by atoms with Crippen molar-refractivity contribution in [1.29, 1.82) is 0 Å². The SMILES string of the molecule is [3H]c1ncc(C#CCCCC(=O)NCc2cn(CCOCCOCCOCCOCCOCCOCCOCCOCCO)nn2)cn1. The molecule has 2 aromatic rings. The fraction of sp³-hybridized carbons (Fsp3) is 0.710. The van der Waals surface area contributed by atoms with E-state index in [1.54, 1.807) is 10.9 Å². The number of hydrogen-bond donors (Lipinski definition) is 2. The third-order valence-corrected chi connectivity index (χ3v) is 5.82. The molecule has 0 atom stereocenters. The topological polar surface area (TPSA) is 180 Å². The van der Waals surface area contributed by atoms with Gasteiger partial charge in [0.05, 0.1) is 137 Å². The van der Waals surface area contributed by atoms with Gasteiger partial charge >= 0.3 is 0 Å². The van der Waals surface area contributed by atoms with Gasteiger partial charge in [-0.05, 0) is 6.42 Å². The molecular formula is C31H50N6O10. The zero-order chi connectivity index (χ0) is 34.2. The molecule has 16 nitrogen and oxygen atoms in total. The highest BCUT2D eigenvalue weighted by molar-refractivity contribution is 5.75. The van der Waals surface area contributed by atoms with E-state index in [1.807, 2.05) is 0 Å². The first-order chi connectivity index (χ1) is 23.7. The zero-order valence-corrected chi connectivity index (χ0v) is 27.1. The van der Waals surface area contributed by atoms with Gasteiger partial charge in [-0.2, -0.15) is 0 Å². The molecule has 0 saturated heterocycles. The summed E-state index contributed by atoms with van der Waals surface area (Å²) in [6.45, 7) is 8.36. The number of aliphatic hydroxyl groups is 1. The molecule has 2 rings (SSSR count). The van der Waals surface area contributed by atoms with Gasteiger partial charge in [0.1, 0.15) is 13.4 Å². The molecule has 0 spiro atoms. The van der Waals surface area contributed by atoms with Crippen molar-refractivity contribution in [3.63, 3.8) is 0 Å². The molecule has 0 aliphatic heterocycles. The minimum absolute atomic E-state index is 0.0179. The van der Waals surface area contributed by atoms with Crippen molar-refractivity contribution in [2.75, 3.05) is 112 Å². The van der Waals surface area contributed by atoms with Gasteiger partial charge in [-0.25, -0.2) is 14.6 Å². The summed E-state index contributed by atoms with van der Waals surface area (Å²) in [5, 5.41) is 19.6. The Morgan fingerprint density at radius 2 is 1.26 bits per heavy atom. The number of ether oxygens (including phenoxy) is 8. The van der Waals surface area contributed by atoms with Crippen molar-refractivity contribution in [2.45, 2.75) is 32.4 Å². The van der Waals surface area contributed by atoms with Crippen LogP contribution in [-0.4, -0.2) is 148 Å². The van der Waals surface area contributed by atoms with Gasteiger partial charge in [0, 0.05) is 25.2 Å². The molecule has 2 N–H and O–H groups in total. The number of nitrogens with zero attached hydrogens (tertiary/aromatic N) is 5. The molecule has 0 unspecified atom stereocenters. The Balaban J connectivity index is 1.28. The first kappa shape index (κ1) is 38.3. The van der Waals surface area contributed by atoms with Crippen LogP contribution in [0.2, 0.25) is 0 Å². The molecule has 0 aliphatic rings. The second-order valence-electron chi connectivity index (χ2n) is 9.60. The van der Waals surface area contributed by atoms with E-state index in [-0.39, 0.29) is 18.8 Å². The minimum Gasteiger partial charge on any atom is -0.394 e. The largest absolute Gasteiger partial charge is 0.394 e. The quantitative estimate of drug-likeness (QED) is 0.0812. The summed E-state index contributed by atoms with van der Waals surface area (Å²) < 4.78 is 52.2. The summed E-state index contributed by atoms with van der Waals surface area (Å²) in [4.78, 5) is 19.6. The summed E-state index contributed by atoms with van der Waals surface area (Å²) in [5.41, 5.74) is 1.31. The highest BCUT2D eigenvalue weighted by Gasteiger charge is 2.05. The van der Waals surface area contributed by atoms with Crippen LogP contribution in [-0.2, 0) is 55.8 Å². The van der Waals surface area contributed by atoms with Gasteiger partial charge in [0.15, 0.2) is 0 Å². The maximum Gasteiger partial charge on any atom is 0.220 e. The molecule has 0 fully saturated rings. The molecule has 2 aromatic heterocycles. The molecule has 16 heteroatoms. The third kappa shape index (κ3) is 24.7. The van der Waals surface area contributed by atoms with E-state index >= 15 is 0 Å². The van der Waals surface area contributed by atoms with Gasteiger partial charge in [-0.1, -0.05) is 17.1 Å². The van der Waals surface area contributed by atoms with Gasteiger partial charge in [-0.15, -0.1) is 5.10 Å². The Morgan fingerprint density at radius 3 is 1.77 bits per heavy atom. The van der Waals surface area contributed by atoms with Crippen LogP contribution in [0.3, 0.4) is 0 Å². The van der Waals surface area contributed by atoms with Gasteiger partial charge in [0.25, 0.3) is 0 Å². The predicted molar refractivity (Wildman–Crippen MR) is 168 cm³/mol. The second-order valence-corrected chi connectivity index (χ2v) is 9.60. The highest BCUT2D eigenvalue weighted by Crippen LogP contribution is 1.98. The molecule has 1 amide bonds. The van der Waals surface area contributed by atoms with Crippen LogP contribution in [0.4, 0.5) is 0 Å². The summed E-state index contributed by atoms with van der Waals surface area (Å²) in [7, 11) is 0. The normalized spacial score (nSPS) is 11.3. The predicted octanol–water partition coefficient (Wildman–Crippen LogP) is 0.0314. The Bertz CT molecular complexity index is 1120. The number of rotatable bonds is 31. The molecule has 47 heavy (non-hydrogen) atoms. The second kappa shape index (κ2) is 30.2. The van der Waals surface area contributed by atoms with Crippen LogP contribution in [0.25, 0.3) is 0 Å². The average Bonchev–Trinajstić information content (AvgIpc) is 3.55. The van der Waals surface area contributed by atoms with Crippen LogP contribution >= 0.6 is 0 Å². The van der Waals surface area contributed by atoms with E-state index in [9.17, 15) is 4.79 Å². The fourth-order valence-electron chi connectivity index (χ4n) is 3.50. The van der Waals surface area contributed by atoms with Crippen molar-refractivity contribution in [3.8, 4) is 11.8 Å². The van der Waals surface area contributed by atoms with Crippen LogP contribution in [0.1, 0.15) is 31.9 Å². The fourth-order valence-corrected chi connectivity index (χ4v) is 3.50. The zero-order valence-electron chi connectivity index (χ0n) is 28.1. The monoisotopic (exact) mass is 668 g/mol. The molecule has 0 aliphatic carbocycles. The van der Waals surface area contributed by atoms with Gasteiger partial charge in [0.2, 0.25) is 5.91 Å². The lowest BCUT2D eigenvalue weighted by Crippen LogP contribution is -2.22. The van der Waals surface area contributed by atoms with Gasteiger partial charge < -0.3 is 48.3 Å². The summed E-state index contributed by atoms with van der Waals surface area (Å²) in [6.07, 6.45) is 6.30. The Hall–Kier alpha value is -3.11. The van der Waals surface area contributed by atoms with Crippen LogP contribution in [0, 0.1) is 11.8 Å². The Kier molecular flexibility index (Phi) is 24.7. The number of aliphatic hydroxyl groups excluding tert-OH is 1. The minimum atomic E-state index is -0.0763.